The number of amides is 1. The third-order valence-electron chi connectivity index (χ3n) is 5.72. The minimum atomic E-state index is -4.66. The molecule has 1 N–H and O–H groups in total. The second-order valence-corrected chi connectivity index (χ2v) is 8.07. The van der Waals surface area contributed by atoms with Crippen LogP contribution in [0.4, 0.5) is 28.9 Å². The molecule has 4 rings (SSSR count). The first-order valence-electron chi connectivity index (χ1n) is 11.2. The molecule has 2 aromatic carbocycles. The number of benzene rings is 2. The molecule has 10 heteroatoms. The van der Waals surface area contributed by atoms with Crippen molar-refractivity contribution >= 4 is 17.3 Å². The van der Waals surface area contributed by atoms with Crippen molar-refractivity contribution in [2.75, 3.05) is 18.6 Å². The van der Waals surface area contributed by atoms with Crippen molar-refractivity contribution < 1.29 is 31.8 Å². The van der Waals surface area contributed by atoms with Crippen LogP contribution in [0.3, 0.4) is 0 Å². The quantitative estimate of drug-likeness (QED) is 0.290. The maximum absolute atomic E-state index is 14.2. The number of methoxy groups -OCH3 is 1. The van der Waals surface area contributed by atoms with E-state index in [2.05, 4.69) is 23.5 Å². The van der Waals surface area contributed by atoms with E-state index in [9.17, 15) is 22.4 Å². The van der Waals surface area contributed by atoms with Crippen LogP contribution in [0.5, 0.6) is 11.6 Å². The van der Waals surface area contributed by atoms with Crippen LogP contribution in [0, 0.1) is 5.82 Å². The third kappa shape index (κ3) is 5.13. The standard InChI is InChI=1S/C27H23F4N3O3/c1-4-6-20-18(10-12-24(32-20)36-3)25-33-26(35)19-9-7-16(27(29,30)31)14-22(19)34(25)21-11-8-17(28)15-23(21)37-13-5-2/h4-5,7-12,14-15,25H,1-2,6,13H2,3H3,(H,33,35). The van der Waals surface area contributed by atoms with Crippen molar-refractivity contribution in [1.82, 2.24) is 10.3 Å². The number of nitrogens with zero attached hydrogens (tertiary/aromatic N) is 2. The molecule has 2 heterocycles. The van der Waals surface area contributed by atoms with E-state index in [4.69, 9.17) is 9.47 Å². The molecule has 1 aliphatic rings. The van der Waals surface area contributed by atoms with Crippen molar-refractivity contribution in [3.05, 3.63) is 102 Å². The molecule has 0 saturated heterocycles. The van der Waals surface area contributed by atoms with Gasteiger partial charge in [-0.1, -0.05) is 18.7 Å². The largest absolute Gasteiger partial charge is 0.487 e. The zero-order chi connectivity index (χ0) is 26.7. The number of aromatic nitrogens is 1. The van der Waals surface area contributed by atoms with Crippen LogP contribution in [0.2, 0.25) is 0 Å². The van der Waals surface area contributed by atoms with Gasteiger partial charge in [-0.15, -0.1) is 6.58 Å². The number of rotatable bonds is 8. The highest BCUT2D eigenvalue weighted by molar-refractivity contribution is 6.03. The number of carbonyl (C=O) groups is 1. The lowest BCUT2D eigenvalue weighted by Crippen LogP contribution is -2.45. The number of allylic oxidation sites excluding steroid dienone is 1. The first-order valence-corrected chi connectivity index (χ1v) is 11.2. The van der Waals surface area contributed by atoms with Gasteiger partial charge in [-0.3, -0.25) is 4.79 Å². The fourth-order valence-electron chi connectivity index (χ4n) is 4.10. The molecule has 0 aliphatic carbocycles. The van der Waals surface area contributed by atoms with Gasteiger partial charge in [-0.2, -0.15) is 13.2 Å². The first-order chi connectivity index (χ1) is 17.7. The van der Waals surface area contributed by atoms with Crippen molar-refractivity contribution in [1.29, 1.82) is 0 Å². The highest BCUT2D eigenvalue weighted by atomic mass is 19.4. The fourth-order valence-corrected chi connectivity index (χ4v) is 4.10. The maximum Gasteiger partial charge on any atom is 0.416 e. The van der Waals surface area contributed by atoms with Gasteiger partial charge in [0.2, 0.25) is 5.88 Å². The van der Waals surface area contributed by atoms with E-state index >= 15 is 0 Å². The second kappa shape index (κ2) is 10.3. The van der Waals surface area contributed by atoms with Gasteiger partial charge in [-0.05, 0) is 36.4 Å². The number of nitrogens with one attached hydrogen (secondary N) is 1. The van der Waals surface area contributed by atoms with Crippen LogP contribution in [0.1, 0.15) is 33.3 Å². The Morgan fingerprint density at radius 2 is 1.86 bits per heavy atom. The van der Waals surface area contributed by atoms with Crippen LogP contribution < -0.4 is 19.7 Å². The van der Waals surface area contributed by atoms with Gasteiger partial charge in [0.05, 0.1) is 35.3 Å². The average molecular weight is 513 g/mol. The zero-order valence-electron chi connectivity index (χ0n) is 19.8. The lowest BCUT2D eigenvalue weighted by Gasteiger charge is -2.40. The molecule has 1 unspecified atom stereocenters. The fraction of sp³-hybridized carbons (Fsp3) is 0.185. The normalized spacial score (nSPS) is 15.0. The molecule has 0 saturated carbocycles. The van der Waals surface area contributed by atoms with Gasteiger partial charge >= 0.3 is 6.18 Å². The van der Waals surface area contributed by atoms with E-state index in [1.165, 1.54) is 24.2 Å². The number of hydrogen-bond acceptors (Lipinski definition) is 5. The Hall–Kier alpha value is -4.34. The summed E-state index contributed by atoms with van der Waals surface area (Å²) in [5.74, 6) is -0.828. The Balaban J connectivity index is 2.01. The van der Waals surface area contributed by atoms with Crippen LogP contribution >= 0.6 is 0 Å². The number of halogens is 4. The number of pyridine rings is 1. The maximum atomic E-state index is 14.2. The topological polar surface area (TPSA) is 63.7 Å². The average Bonchev–Trinajstić information content (AvgIpc) is 2.87. The Kier molecular flexibility index (Phi) is 7.19. The van der Waals surface area contributed by atoms with Gasteiger partial charge in [0.1, 0.15) is 24.3 Å². The molecule has 0 fully saturated rings. The summed E-state index contributed by atoms with van der Waals surface area (Å²) >= 11 is 0. The highest BCUT2D eigenvalue weighted by Gasteiger charge is 2.39. The molecular formula is C27H23F4N3O3. The summed E-state index contributed by atoms with van der Waals surface area (Å²) in [6.45, 7) is 7.35. The summed E-state index contributed by atoms with van der Waals surface area (Å²) in [6, 6.07) is 9.75. The summed E-state index contributed by atoms with van der Waals surface area (Å²) < 4.78 is 66.2. The number of hydrogen-bond donors (Lipinski definition) is 1. The van der Waals surface area contributed by atoms with Crippen molar-refractivity contribution in [3.8, 4) is 11.6 Å². The summed E-state index contributed by atoms with van der Waals surface area (Å²) in [5, 5.41) is 2.85. The van der Waals surface area contributed by atoms with E-state index in [0.717, 1.165) is 30.3 Å². The van der Waals surface area contributed by atoms with Crippen molar-refractivity contribution in [2.24, 2.45) is 0 Å². The minimum Gasteiger partial charge on any atom is -0.487 e. The molecule has 192 valence electrons. The second-order valence-electron chi connectivity index (χ2n) is 8.07. The third-order valence-corrected chi connectivity index (χ3v) is 5.72. The van der Waals surface area contributed by atoms with Crippen molar-refractivity contribution in [2.45, 2.75) is 18.8 Å². The predicted octanol–water partition coefficient (Wildman–Crippen LogP) is 6.12. The van der Waals surface area contributed by atoms with Crippen molar-refractivity contribution in [3.63, 3.8) is 0 Å². The molecule has 0 spiro atoms. The Morgan fingerprint density at radius 3 is 2.54 bits per heavy atom. The molecule has 1 atom stereocenters. The molecular weight excluding hydrogens is 490 g/mol. The molecule has 37 heavy (non-hydrogen) atoms. The molecule has 0 bridgehead atoms. The number of fused-ring (bicyclic) bond motifs is 1. The van der Waals surface area contributed by atoms with Crippen LogP contribution in [0.25, 0.3) is 0 Å². The summed E-state index contributed by atoms with van der Waals surface area (Å²) in [4.78, 5) is 19.0. The molecule has 3 aromatic rings. The van der Waals surface area contributed by atoms with Crippen LogP contribution in [-0.2, 0) is 12.6 Å². The van der Waals surface area contributed by atoms with E-state index in [1.54, 1.807) is 18.2 Å². The summed E-state index contributed by atoms with van der Waals surface area (Å²) in [6.07, 6.45) is -2.34. The minimum absolute atomic E-state index is 0.00925. The highest BCUT2D eigenvalue weighted by Crippen LogP contribution is 2.46. The molecule has 6 nitrogen and oxygen atoms in total. The van der Waals surface area contributed by atoms with E-state index < -0.39 is 29.6 Å². The predicted molar refractivity (Wildman–Crippen MR) is 131 cm³/mol. The number of carbonyl (C=O) groups excluding carboxylic acids is 1. The molecule has 1 aromatic heterocycles. The van der Waals surface area contributed by atoms with Gasteiger partial charge in [0.15, 0.2) is 0 Å². The zero-order valence-corrected chi connectivity index (χ0v) is 19.8. The summed E-state index contributed by atoms with van der Waals surface area (Å²) in [5.41, 5.74) is 0.231. The lowest BCUT2D eigenvalue weighted by atomic mass is 9.98. The first kappa shape index (κ1) is 25.7. The Labute approximate surface area is 210 Å². The van der Waals surface area contributed by atoms with E-state index in [-0.39, 0.29) is 35.7 Å². The van der Waals surface area contributed by atoms with E-state index in [1.807, 2.05) is 0 Å². The number of ether oxygens (including phenoxy) is 2. The van der Waals surface area contributed by atoms with Gasteiger partial charge in [0, 0.05) is 24.1 Å². The molecule has 0 radical (unpaired) electrons. The lowest BCUT2D eigenvalue weighted by molar-refractivity contribution is -0.137. The summed E-state index contributed by atoms with van der Waals surface area (Å²) in [7, 11) is 1.45. The number of anilines is 2. The monoisotopic (exact) mass is 513 g/mol. The van der Waals surface area contributed by atoms with Gasteiger partial charge < -0.3 is 19.7 Å². The van der Waals surface area contributed by atoms with Gasteiger partial charge in [-0.25, -0.2) is 9.37 Å². The van der Waals surface area contributed by atoms with Gasteiger partial charge in [0.25, 0.3) is 5.91 Å². The van der Waals surface area contributed by atoms with E-state index in [0.29, 0.717) is 17.1 Å². The SMILES string of the molecule is C=CCOc1cc(F)ccc1N1c2cc(C(F)(F)F)ccc2C(=O)NC1c1ccc(OC)nc1CC=C. The Bertz CT molecular complexity index is 1360. The van der Waals surface area contributed by atoms with Crippen LogP contribution in [-0.4, -0.2) is 24.6 Å². The molecule has 1 amide bonds. The molecule has 1 aliphatic heterocycles. The smallest absolute Gasteiger partial charge is 0.416 e. The van der Waals surface area contributed by atoms with Crippen LogP contribution in [0.15, 0.2) is 73.8 Å². The Morgan fingerprint density at radius 1 is 1.08 bits per heavy atom. The number of alkyl halides is 3.